The number of primary amides is 1. The molecule has 0 aliphatic rings. The van der Waals surface area contributed by atoms with E-state index in [9.17, 15) is 9.59 Å². The van der Waals surface area contributed by atoms with E-state index in [1.807, 2.05) is 0 Å². The summed E-state index contributed by atoms with van der Waals surface area (Å²) < 4.78 is 0. The van der Waals surface area contributed by atoms with Crippen molar-refractivity contribution in [1.82, 2.24) is 5.32 Å². The summed E-state index contributed by atoms with van der Waals surface area (Å²) in [5, 5.41) is 10.6. The Morgan fingerprint density at radius 3 is 2.36 bits per heavy atom. The lowest BCUT2D eigenvalue weighted by Crippen LogP contribution is -2.48. The van der Waals surface area contributed by atoms with E-state index >= 15 is 0 Å². The third-order valence-electron chi connectivity index (χ3n) is 1.05. The Balaban J connectivity index is 3.88. The SMILES string of the molecule is NCC(=O)NC(CO)C(N)=O. The van der Waals surface area contributed by atoms with Crippen LogP contribution in [0.5, 0.6) is 0 Å². The average molecular weight is 161 g/mol. The van der Waals surface area contributed by atoms with Gasteiger partial charge in [-0.2, -0.15) is 0 Å². The van der Waals surface area contributed by atoms with Crippen LogP contribution in [0, 0.1) is 0 Å². The number of nitrogens with two attached hydrogens (primary N) is 2. The summed E-state index contributed by atoms with van der Waals surface area (Å²) in [6, 6.07) is -1.04. The van der Waals surface area contributed by atoms with Crippen molar-refractivity contribution in [2.75, 3.05) is 13.2 Å². The number of aliphatic hydroxyl groups is 1. The van der Waals surface area contributed by atoms with Crippen molar-refractivity contribution in [2.45, 2.75) is 6.04 Å². The second-order valence-corrected chi connectivity index (χ2v) is 1.91. The van der Waals surface area contributed by atoms with Gasteiger partial charge < -0.3 is 21.9 Å². The van der Waals surface area contributed by atoms with Crippen LogP contribution in [-0.4, -0.2) is 36.1 Å². The van der Waals surface area contributed by atoms with Crippen LogP contribution in [0.3, 0.4) is 0 Å². The Morgan fingerprint density at radius 2 is 2.09 bits per heavy atom. The molecule has 0 fully saturated rings. The normalized spacial score (nSPS) is 12.2. The van der Waals surface area contributed by atoms with Crippen LogP contribution in [0.1, 0.15) is 0 Å². The van der Waals surface area contributed by atoms with Crippen LogP contribution in [0.4, 0.5) is 0 Å². The smallest absolute Gasteiger partial charge is 0.242 e. The molecule has 6 N–H and O–H groups in total. The lowest BCUT2D eigenvalue weighted by atomic mass is 10.3. The molecule has 64 valence electrons. The number of hydrogen-bond acceptors (Lipinski definition) is 4. The predicted octanol–water partition coefficient (Wildman–Crippen LogP) is -3.09. The zero-order valence-corrected chi connectivity index (χ0v) is 5.91. The van der Waals surface area contributed by atoms with Crippen molar-refractivity contribution < 1.29 is 14.7 Å². The largest absolute Gasteiger partial charge is 0.394 e. The molecule has 0 aromatic carbocycles. The fraction of sp³-hybridized carbons (Fsp3) is 0.600. The van der Waals surface area contributed by atoms with Crippen molar-refractivity contribution in [3.63, 3.8) is 0 Å². The first kappa shape index (κ1) is 9.86. The van der Waals surface area contributed by atoms with Gasteiger partial charge in [0.1, 0.15) is 6.04 Å². The number of hydrogen-bond donors (Lipinski definition) is 4. The minimum Gasteiger partial charge on any atom is -0.394 e. The molecule has 1 atom stereocenters. The molecule has 0 saturated heterocycles. The highest BCUT2D eigenvalue weighted by molar-refractivity contribution is 5.87. The van der Waals surface area contributed by atoms with E-state index in [-0.39, 0.29) is 6.54 Å². The van der Waals surface area contributed by atoms with Gasteiger partial charge in [-0.05, 0) is 0 Å². The third-order valence-corrected chi connectivity index (χ3v) is 1.05. The van der Waals surface area contributed by atoms with E-state index in [0.717, 1.165) is 0 Å². The van der Waals surface area contributed by atoms with E-state index in [0.29, 0.717) is 0 Å². The van der Waals surface area contributed by atoms with Gasteiger partial charge in [0.25, 0.3) is 0 Å². The summed E-state index contributed by atoms with van der Waals surface area (Å²) in [4.78, 5) is 20.9. The minimum absolute atomic E-state index is 0.232. The summed E-state index contributed by atoms with van der Waals surface area (Å²) >= 11 is 0. The maximum Gasteiger partial charge on any atom is 0.242 e. The Labute approximate surface area is 63.5 Å². The van der Waals surface area contributed by atoms with Gasteiger partial charge in [0.05, 0.1) is 13.2 Å². The van der Waals surface area contributed by atoms with Crippen molar-refractivity contribution >= 4 is 11.8 Å². The Kier molecular flexibility index (Phi) is 4.16. The van der Waals surface area contributed by atoms with Crippen LogP contribution in [0.15, 0.2) is 0 Å². The summed E-state index contributed by atoms with van der Waals surface area (Å²) in [6.07, 6.45) is 0. The summed E-state index contributed by atoms with van der Waals surface area (Å²) in [5.74, 6) is -1.31. The highest BCUT2D eigenvalue weighted by atomic mass is 16.3. The van der Waals surface area contributed by atoms with E-state index in [2.05, 4.69) is 5.32 Å². The van der Waals surface area contributed by atoms with Gasteiger partial charge >= 0.3 is 0 Å². The van der Waals surface area contributed by atoms with Crippen LogP contribution >= 0.6 is 0 Å². The maximum absolute atomic E-state index is 10.5. The first-order chi connectivity index (χ1) is 5.11. The van der Waals surface area contributed by atoms with E-state index in [4.69, 9.17) is 16.6 Å². The molecule has 0 aromatic rings. The number of amides is 2. The third kappa shape index (κ3) is 3.54. The zero-order chi connectivity index (χ0) is 8.85. The number of rotatable bonds is 4. The van der Waals surface area contributed by atoms with E-state index in [1.54, 1.807) is 0 Å². The second kappa shape index (κ2) is 4.64. The average Bonchev–Trinajstić information content (AvgIpc) is 1.99. The standard InChI is InChI=1S/C5H11N3O3/c6-1-4(10)8-3(2-9)5(7)11/h3,9H,1-2,6H2,(H2,7,11)(H,8,10). The van der Waals surface area contributed by atoms with Crippen LogP contribution in [-0.2, 0) is 9.59 Å². The summed E-state index contributed by atoms with van der Waals surface area (Å²) in [5.41, 5.74) is 9.73. The van der Waals surface area contributed by atoms with Crippen molar-refractivity contribution in [3.8, 4) is 0 Å². The van der Waals surface area contributed by atoms with Gasteiger partial charge in [0.2, 0.25) is 11.8 Å². The predicted molar refractivity (Wildman–Crippen MR) is 37.3 cm³/mol. The van der Waals surface area contributed by atoms with Gasteiger partial charge in [0, 0.05) is 0 Å². The van der Waals surface area contributed by atoms with Crippen molar-refractivity contribution in [3.05, 3.63) is 0 Å². The Hall–Kier alpha value is -1.14. The Bertz CT molecular complexity index is 159. The first-order valence-corrected chi connectivity index (χ1v) is 3.01. The monoisotopic (exact) mass is 161 g/mol. The molecule has 2 amide bonds. The first-order valence-electron chi connectivity index (χ1n) is 3.01. The van der Waals surface area contributed by atoms with Crippen LogP contribution in [0.2, 0.25) is 0 Å². The second-order valence-electron chi connectivity index (χ2n) is 1.91. The molecule has 0 aliphatic carbocycles. The van der Waals surface area contributed by atoms with Crippen molar-refractivity contribution in [2.24, 2.45) is 11.5 Å². The maximum atomic E-state index is 10.5. The fourth-order valence-corrected chi connectivity index (χ4v) is 0.460. The molecule has 6 nitrogen and oxygen atoms in total. The Morgan fingerprint density at radius 1 is 1.55 bits per heavy atom. The van der Waals surface area contributed by atoms with Crippen molar-refractivity contribution in [1.29, 1.82) is 0 Å². The summed E-state index contributed by atoms with van der Waals surface area (Å²) in [6.45, 7) is -0.745. The molecule has 1 unspecified atom stereocenters. The molecule has 0 rings (SSSR count). The molecule has 0 saturated carbocycles. The molecule has 0 aromatic heterocycles. The molecule has 6 heteroatoms. The van der Waals surface area contributed by atoms with Gasteiger partial charge in [-0.3, -0.25) is 9.59 Å². The molecule has 0 radical (unpaired) electrons. The van der Waals surface area contributed by atoms with Gasteiger partial charge in [-0.15, -0.1) is 0 Å². The van der Waals surface area contributed by atoms with Crippen LogP contribution < -0.4 is 16.8 Å². The molecule has 0 aliphatic heterocycles. The molecule has 11 heavy (non-hydrogen) atoms. The lowest BCUT2D eigenvalue weighted by Gasteiger charge is -2.10. The van der Waals surface area contributed by atoms with E-state index in [1.165, 1.54) is 0 Å². The molecular formula is C5H11N3O3. The van der Waals surface area contributed by atoms with Crippen LogP contribution in [0.25, 0.3) is 0 Å². The van der Waals surface area contributed by atoms with Gasteiger partial charge in [-0.25, -0.2) is 0 Å². The van der Waals surface area contributed by atoms with Gasteiger partial charge in [-0.1, -0.05) is 0 Å². The fourth-order valence-electron chi connectivity index (χ4n) is 0.460. The van der Waals surface area contributed by atoms with Gasteiger partial charge in [0.15, 0.2) is 0 Å². The highest BCUT2D eigenvalue weighted by Gasteiger charge is 2.14. The van der Waals surface area contributed by atoms with E-state index < -0.39 is 24.5 Å². The number of aliphatic hydroxyl groups excluding tert-OH is 1. The highest BCUT2D eigenvalue weighted by Crippen LogP contribution is 1.78. The lowest BCUT2D eigenvalue weighted by molar-refractivity contribution is -0.127. The molecule has 0 spiro atoms. The zero-order valence-electron chi connectivity index (χ0n) is 5.91. The topological polar surface area (TPSA) is 118 Å². The summed E-state index contributed by atoms with van der Waals surface area (Å²) in [7, 11) is 0. The molecular weight excluding hydrogens is 150 g/mol. The molecule has 0 heterocycles. The minimum atomic E-state index is -1.04. The quantitative estimate of drug-likeness (QED) is 0.349. The molecule has 0 bridgehead atoms. The number of carbonyl (C=O) groups excluding carboxylic acids is 2. The number of nitrogens with one attached hydrogen (secondary N) is 1. The number of carbonyl (C=O) groups is 2.